The second-order valence-corrected chi connectivity index (χ2v) is 12.7. The van der Waals surface area contributed by atoms with E-state index < -0.39 is 33.4 Å². The molecule has 4 saturated heterocycles. The number of hydrogen-bond donors (Lipinski definition) is 3. The van der Waals surface area contributed by atoms with Crippen molar-refractivity contribution in [2.24, 2.45) is 11.8 Å². The number of anilines is 1. The lowest BCUT2D eigenvalue weighted by molar-refractivity contribution is -0.142. The maximum atomic E-state index is 14.1. The Hall–Kier alpha value is -2.14. The lowest BCUT2D eigenvalue weighted by Gasteiger charge is -2.37. The van der Waals surface area contributed by atoms with Crippen molar-refractivity contribution in [1.29, 1.82) is 0 Å². The van der Waals surface area contributed by atoms with Crippen LogP contribution in [-0.2, 0) is 19.1 Å². The van der Waals surface area contributed by atoms with Crippen molar-refractivity contribution >= 4 is 35.2 Å². The Morgan fingerprint density at radius 2 is 1.92 bits per heavy atom. The Labute approximate surface area is 222 Å². The quantitative estimate of drug-likeness (QED) is 0.442. The zero-order valence-corrected chi connectivity index (χ0v) is 22.5. The Bertz CT molecular complexity index is 1020. The third kappa shape index (κ3) is 4.56. The van der Waals surface area contributed by atoms with E-state index in [1.54, 1.807) is 16.7 Å². The van der Waals surface area contributed by atoms with Crippen LogP contribution in [0.5, 0.6) is 0 Å². The summed E-state index contributed by atoms with van der Waals surface area (Å²) in [6.07, 6.45) is 1.99. The first-order valence-corrected chi connectivity index (χ1v) is 14.2. The van der Waals surface area contributed by atoms with Gasteiger partial charge in [0, 0.05) is 36.6 Å². The van der Waals surface area contributed by atoms with Crippen LogP contribution in [0.1, 0.15) is 33.1 Å². The van der Waals surface area contributed by atoms with Crippen LogP contribution >= 0.6 is 11.8 Å². The summed E-state index contributed by atoms with van der Waals surface area (Å²) in [6, 6.07) is 8.11. The molecule has 9 nitrogen and oxygen atoms in total. The van der Waals surface area contributed by atoms with Crippen LogP contribution < -0.4 is 10.6 Å². The number of aliphatic hydroxyl groups is 1. The molecule has 0 saturated carbocycles. The Kier molecular flexibility index (Phi) is 7.55. The minimum Gasteiger partial charge on any atom is -0.394 e. The summed E-state index contributed by atoms with van der Waals surface area (Å²) >= 11 is 1.65. The number of likely N-dealkylation sites (tertiary alicyclic amines) is 1. The van der Waals surface area contributed by atoms with E-state index in [1.165, 1.54) is 0 Å². The molecule has 4 aliphatic heterocycles. The molecule has 5 rings (SSSR count). The predicted molar refractivity (Wildman–Crippen MR) is 142 cm³/mol. The third-order valence-corrected chi connectivity index (χ3v) is 10.7. The number of ether oxygens (including phenoxy) is 1. The fourth-order valence-corrected chi connectivity index (χ4v) is 9.21. The number of nitrogens with zero attached hydrogens (tertiary/aromatic N) is 2. The van der Waals surface area contributed by atoms with Crippen molar-refractivity contribution in [3.05, 3.63) is 30.3 Å². The lowest BCUT2D eigenvalue weighted by atomic mass is 9.66. The highest BCUT2D eigenvalue weighted by molar-refractivity contribution is 8.02. The van der Waals surface area contributed by atoms with E-state index in [-0.39, 0.29) is 24.3 Å². The highest BCUT2D eigenvalue weighted by Gasteiger charge is 2.77. The SMILES string of the molecule is CC[C@@H](CO)N1C(=O)[C@@H]2[C@@H](C(=O)Nc3ccccc3)[C@@]3(C)CCC2(S3)C1C(=O)NCCN1CCOCC1. The van der Waals surface area contributed by atoms with Gasteiger partial charge in [-0.05, 0) is 38.3 Å². The number of amides is 3. The molecule has 0 radical (unpaired) electrons. The van der Waals surface area contributed by atoms with Crippen LogP contribution in [0.15, 0.2) is 30.3 Å². The number of hydrogen-bond acceptors (Lipinski definition) is 7. The molecule has 3 amide bonds. The minimum absolute atomic E-state index is 0.175. The van der Waals surface area contributed by atoms with Crippen molar-refractivity contribution in [3.63, 3.8) is 0 Å². The first-order chi connectivity index (χ1) is 17.8. The fraction of sp³-hybridized carbons (Fsp3) is 0.667. The van der Waals surface area contributed by atoms with Gasteiger partial charge in [0.05, 0.1) is 42.4 Å². The molecule has 202 valence electrons. The van der Waals surface area contributed by atoms with Gasteiger partial charge in [-0.3, -0.25) is 19.3 Å². The van der Waals surface area contributed by atoms with Gasteiger partial charge in [-0.2, -0.15) is 0 Å². The molecule has 0 aromatic heterocycles. The Balaban J connectivity index is 1.41. The summed E-state index contributed by atoms with van der Waals surface area (Å²) in [5, 5.41) is 16.3. The number of carbonyl (C=O) groups is 3. The maximum Gasteiger partial charge on any atom is 0.244 e. The van der Waals surface area contributed by atoms with Crippen LogP contribution in [0.25, 0.3) is 0 Å². The summed E-state index contributed by atoms with van der Waals surface area (Å²) in [5.41, 5.74) is 0.694. The molecule has 1 spiro atoms. The van der Waals surface area contributed by atoms with Crippen molar-refractivity contribution in [2.75, 3.05) is 51.3 Å². The number of thioether (sulfide) groups is 1. The monoisotopic (exact) mass is 530 g/mol. The van der Waals surface area contributed by atoms with Crippen LogP contribution in [0.4, 0.5) is 5.69 Å². The van der Waals surface area contributed by atoms with Gasteiger partial charge >= 0.3 is 0 Å². The van der Waals surface area contributed by atoms with Gasteiger partial charge in [-0.1, -0.05) is 25.1 Å². The molecule has 2 bridgehead atoms. The maximum absolute atomic E-state index is 14.1. The van der Waals surface area contributed by atoms with E-state index in [0.717, 1.165) is 26.1 Å². The molecule has 10 heteroatoms. The molecule has 2 unspecified atom stereocenters. The van der Waals surface area contributed by atoms with Gasteiger partial charge in [0.2, 0.25) is 17.7 Å². The third-order valence-electron chi connectivity index (χ3n) is 8.69. The van der Waals surface area contributed by atoms with Gasteiger partial charge in [-0.25, -0.2) is 0 Å². The molecule has 4 fully saturated rings. The highest BCUT2D eigenvalue weighted by atomic mass is 32.2. The average Bonchev–Trinajstić information content (AvgIpc) is 3.47. The lowest BCUT2D eigenvalue weighted by Crippen LogP contribution is -2.57. The topological polar surface area (TPSA) is 111 Å². The molecule has 4 heterocycles. The molecule has 6 atom stereocenters. The molecule has 37 heavy (non-hydrogen) atoms. The highest BCUT2D eigenvalue weighted by Crippen LogP contribution is 2.71. The number of nitrogens with one attached hydrogen (secondary N) is 2. The summed E-state index contributed by atoms with van der Waals surface area (Å²) in [7, 11) is 0. The molecule has 3 N–H and O–H groups in total. The minimum atomic E-state index is -0.715. The number of morpholine rings is 1. The van der Waals surface area contributed by atoms with Gasteiger partial charge in [0.25, 0.3) is 0 Å². The van der Waals surface area contributed by atoms with Crippen molar-refractivity contribution in [3.8, 4) is 0 Å². The summed E-state index contributed by atoms with van der Waals surface area (Å²) in [6.45, 7) is 8.03. The number of fused-ring (bicyclic) bond motifs is 1. The molecular formula is C27H38N4O5S. The first kappa shape index (κ1) is 26.5. The standard InChI is InChI=1S/C27H38N4O5S/c1-3-19(17-32)31-22(24(34)28-11-12-30-13-15-36-16-14-30)27-10-9-26(2,37-27)20(21(27)25(31)35)23(33)29-18-7-5-4-6-8-18/h4-8,19-22,32H,3,9-17H2,1-2H3,(H,28,34)(H,29,33)/t19-,20-,21-,22?,26+,27?/m0/s1. The van der Waals surface area contributed by atoms with Gasteiger partial charge in [0.1, 0.15) is 6.04 Å². The fourth-order valence-electron chi connectivity index (χ4n) is 6.87. The zero-order chi connectivity index (χ0) is 26.2. The van der Waals surface area contributed by atoms with Crippen molar-refractivity contribution in [2.45, 2.75) is 54.7 Å². The van der Waals surface area contributed by atoms with Crippen LogP contribution in [0, 0.1) is 11.8 Å². The number of rotatable bonds is 9. The van der Waals surface area contributed by atoms with Gasteiger partial charge in [0.15, 0.2) is 0 Å². The molecular weight excluding hydrogens is 492 g/mol. The molecule has 1 aromatic rings. The van der Waals surface area contributed by atoms with Gasteiger partial charge in [-0.15, -0.1) is 11.8 Å². The van der Waals surface area contributed by atoms with Crippen LogP contribution in [0.2, 0.25) is 0 Å². The van der Waals surface area contributed by atoms with Crippen LogP contribution in [-0.4, -0.2) is 100 Å². The van der Waals surface area contributed by atoms with E-state index in [4.69, 9.17) is 4.74 Å². The number of aliphatic hydroxyl groups excluding tert-OH is 1. The Morgan fingerprint density at radius 1 is 1.19 bits per heavy atom. The normalized spacial score (nSPS) is 33.9. The average molecular weight is 531 g/mol. The van der Waals surface area contributed by atoms with E-state index in [9.17, 15) is 19.5 Å². The molecule has 4 aliphatic rings. The first-order valence-electron chi connectivity index (χ1n) is 13.4. The van der Waals surface area contributed by atoms with E-state index in [1.807, 2.05) is 37.3 Å². The van der Waals surface area contributed by atoms with Crippen LogP contribution in [0.3, 0.4) is 0 Å². The Morgan fingerprint density at radius 3 is 2.59 bits per heavy atom. The van der Waals surface area contributed by atoms with Crippen molar-refractivity contribution in [1.82, 2.24) is 15.1 Å². The molecule has 0 aliphatic carbocycles. The number of benzene rings is 1. The summed E-state index contributed by atoms with van der Waals surface area (Å²) < 4.78 is 4.29. The smallest absolute Gasteiger partial charge is 0.244 e. The largest absolute Gasteiger partial charge is 0.394 e. The van der Waals surface area contributed by atoms with Gasteiger partial charge < -0.3 is 25.4 Å². The van der Waals surface area contributed by atoms with E-state index >= 15 is 0 Å². The van der Waals surface area contributed by atoms with Crippen molar-refractivity contribution < 1.29 is 24.2 Å². The summed E-state index contributed by atoms with van der Waals surface area (Å²) in [4.78, 5) is 45.5. The van der Waals surface area contributed by atoms with E-state index in [0.29, 0.717) is 38.3 Å². The molecule has 1 aromatic carbocycles. The summed E-state index contributed by atoms with van der Waals surface area (Å²) in [5.74, 6) is -1.69. The van der Waals surface area contributed by atoms with E-state index in [2.05, 4.69) is 22.5 Å². The number of para-hydroxylation sites is 1. The predicted octanol–water partition coefficient (Wildman–Crippen LogP) is 1.33. The number of carbonyl (C=O) groups excluding carboxylic acids is 3. The zero-order valence-electron chi connectivity index (χ0n) is 21.7. The second-order valence-electron chi connectivity index (χ2n) is 10.8. The second kappa shape index (κ2) is 10.6.